The number of thioether (sulfide) groups is 2. The molecule has 2 aromatic carbocycles. The summed E-state index contributed by atoms with van der Waals surface area (Å²) in [5, 5.41) is 3.81. The summed E-state index contributed by atoms with van der Waals surface area (Å²) in [6.07, 6.45) is 5.51. The first kappa shape index (κ1) is 20.5. The van der Waals surface area contributed by atoms with E-state index in [-0.39, 0.29) is 12.5 Å². The van der Waals surface area contributed by atoms with Crippen molar-refractivity contribution < 1.29 is 4.79 Å². The number of carbonyl (C=O) groups is 1. The molecule has 0 saturated carbocycles. The maximum Gasteiger partial charge on any atom is 0.244 e. The number of aryl methyl sites for hydroxylation is 1. The van der Waals surface area contributed by atoms with Crippen LogP contribution in [-0.4, -0.2) is 26.7 Å². The number of amides is 1. The third-order valence-electron chi connectivity index (χ3n) is 4.79. The normalized spacial score (nSPS) is 11.0. The molecule has 5 nitrogen and oxygen atoms in total. The van der Waals surface area contributed by atoms with E-state index < -0.39 is 0 Å². The predicted octanol–water partition coefficient (Wildman–Crippen LogP) is 5.39. The number of imidazole rings is 1. The Morgan fingerprint density at radius 2 is 2.00 bits per heavy atom. The van der Waals surface area contributed by atoms with Gasteiger partial charge in [0.25, 0.3) is 0 Å². The first-order valence-corrected chi connectivity index (χ1v) is 11.8. The number of pyridine rings is 1. The molecule has 1 N–H and O–H groups in total. The molecular weight excluding hydrogens is 412 g/mol. The van der Waals surface area contributed by atoms with Crippen molar-refractivity contribution >= 4 is 46.2 Å². The fourth-order valence-electron chi connectivity index (χ4n) is 3.17. The molecule has 2 heterocycles. The van der Waals surface area contributed by atoms with Crippen LogP contribution in [0.3, 0.4) is 0 Å². The third-order valence-corrected chi connectivity index (χ3v) is 6.54. The Hall–Kier alpha value is -2.77. The van der Waals surface area contributed by atoms with E-state index >= 15 is 0 Å². The molecule has 0 fully saturated rings. The van der Waals surface area contributed by atoms with Gasteiger partial charge in [-0.3, -0.25) is 9.78 Å². The van der Waals surface area contributed by atoms with E-state index in [9.17, 15) is 4.79 Å². The van der Waals surface area contributed by atoms with Gasteiger partial charge < -0.3 is 9.88 Å². The average molecular weight is 435 g/mol. The quantitative estimate of drug-likeness (QED) is 0.395. The number of nitrogens with zero attached hydrogens (tertiary/aromatic N) is 3. The van der Waals surface area contributed by atoms with E-state index in [4.69, 9.17) is 4.98 Å². The molecule has 152 valence electrons. The smallest absolute Gasteiger partial charge is 0.244 e. The van der Waals surface area contributed by atoms with E-state index in [0.29, 0.717) is 0 Å². The highest BCUT2D eigenvalue weighted by Crippen LogP contribution is 2.27. The van der Waals surface area contributed by atoms with Gasteiger partial charge in [0.15, 0.2) is 5.16 Å². The lowest BCUT2D eigenvalue weighted by atomic mass is 10.1. The minimum absolute atomic E-state index is 0.0888. The number of aromatic nitrogens is 3. The summed E-state index contributed by atoms with van der Waals surface area (Å²) in [5.41, 5.74) is 5.01. The number of fused-ring (bicyclic) bond motifs is 1. The molecule has 7 heteroatoms. The first-order valence-electron chi connectivity index (χ1n) is 9.55. The lowest BCUT2D eigenvalue weighted by Crippen LogP contribution is -2.19. The Kier molecular flexibility index (Phi) is 6.40. The molecule has 30 heavy (non-hydrogen) atoms. The Balaban J connectivity index is 1.56. The van der Waals surface area contributed by atoms with Crippen molar-refractivity contribution in [1.29, 1.82) is 0 Å². The average Bonchev–Trinajstić information content (AvgIpc) is 3.10. The molecule has 1 amide bonds. The van der Waals surface area contributed by atoms with Gasteiger partial charge in [-0.25, -0.2) is 4.98 Å². The highest BCUT2D eigenvalue weighted by atomic mass is 32.2. The van der Waals surface area contributed by atoms with Crippen LogP contribution in [-0.2, 0) is 17.1 Å². The second-order valence-corrected chi connectivity index (χ2v) is 8.66. The van der Waals surface area contributed by atoms with Crippen LogP contribution in [0.5, 0.6) is 0 Å². The maximum atomic E-state index is 12.8. The number of hydrogen-bond acceptors (Lipinski definition) is 5. The van der Waals surface area contributed by atoms with Gasteiger partial charge >= 0.3 is 0 Å². The van der Waals surface area contributed by atoms with Gasteiger partial charge in [0, 0.05) is 22.5 Å². The number of carbonyl (C=O) groups excluding carboxylic acids is 1. The minimum Gasteiger partial charge on any atom is -0.324 e. The van der Waals surface area contributed by atoms with Crippen molar-refractivity contribution in [3.05, 3.63) is 78.1 Å². The van der Waals surface area contributed by atoms with Gasteiger partial charge in [-0.05, 0) is 48.6 Å². The zero-order chi connectivity index (χ0) is 20.9. The Morgan fingerprint density at radius 1 is 1.13 bits per heavy atom. The van der Waals surface area contributed by atoms with Gasteiger partial charge in [0.2, 0.25) is 5.91 Å². The predicted molar refractivity (Wildman–Crippen MR) is 125 cm³/mol. The Morgan fingerprint density at radius 3 is 2.83 bits per heavy atom. The summed E-state index contributed by atoms with van der Waals surface area (Å²) in [6, 6.07) is 18.1. The van der Waals surface area contributed by atoms with Crippen molar-refractivity contribution in [2.45, 2.75) is 29.3 Å². The largest absolute Gasteiger partial charge is 0.324 e. The number of anilines is 1. The van der Waals surface area contributed by atoms with Crippen LogP contribution in [0.2, 0.25) is 0 Å². The van der Waals surface area contributed by atoms with Crippen molar-refractivity contribution in [2.24, 2.45) is 0 Å². The van der Waals surface area contributed by atoms with Crippen LogP contribution < -0.4 is 5.32 Å². The van der Waals surface area contributed by atoms with Gasteiger partial charge in [-0.15, -0.1) is 11.8 Å². The molecule has 0 aliphatic heterocycles. The molecule has 2 aromatic heterocycles. The van der Waals surface area contributed by atoms with Crippen LogP contribution in [0.4, 0.5) is 5.69 Å². The molecule has 0 saturated heterocycles. The summed E-state index contributed by atoms with van der Waals surface area (Å²) < 4.78 is 1.94. The number of rotatable bonds is 7. The monoisotopic (exact) mass is 434 g/mol. The molecule has 4 aromatic rings. The number of hydrogen-bond donors (Lipinski definition) is 1. The van der Waals surface area contributed by atoms with Gasteiger partial charge in [-0.1, -0.05) is 42.1 Å². The Bertz CT molecular complexity index is 1190. The van der Waals surface area contributed by atoms with Crippen LogP contribution in [0.15, 0.2) is 77.0 Å². The maximum absolute atomic E-state index is 12.8. The molecule has 0 unspecified atom stereocenters. The van der Waals surface area contributed by atoms with E-state index in [0.717, 1.165) is 32.5 Å². The summed E-state index contributed by atoms with van der Waals surface area (Å²) in [4.78, 5) is 22.9. The molecule has 0 bridgehead atoms. The first-order chi connectivity index (χ1) is 14.6. The third kappa shape index (κ3) is 4.68. The minimum atomic E-state index is -0.0888. The molecule has 0 spiro atoms. The highest BCUT2D eigenvalue weighted by molar-refractivity contribution is 7.98. The van der Waals surface area contributed by atoms with Crippen LogP contribution in [0.25, 0.3) is 11.0 Å². The Labute approximate surface area is 184 Å². The van der Waals surface area contributed by atoms with Gasteiger partial charge in [0.05, 0.1) is 17.2 Å². The van der Waals surface area contributed by atoms with E-state index in [2.05, 4.69) is 29.4 Å². The lowest BCUT2D eigenvalue weighted by molar-refractivity contribution is -0.116. The second-order valence-electron chi connectivity index (χ2n) is 6.84. The second kappa shape index (κ2) is 9.36. The van der Waals surface area contributed by atoms with Crippen LogP contribution in [0, 0.1) is 6.92 Å². The molecule has 0 aliphatic carbocycles. The van der Waals surface area contributed by atoms with E-state index in [1.54, 1.807) is 35.9 Å². The molecule has 0 atom stereocenters. The highest BCUT2D eigenvalue weighted by Gasteiger charge is 2.15. The summed E-state index contributed by atoms with van der Waals surface area (Å²) in [6.45, 7) is 2.29. The zero-order valence-electron chi connectivity index (χ0n) is 16.8. The number of benzene rings is 2. The van der Waals surface area contributed by atoms with Crippen molar-refractivity contribution in [2.75, 3.05) is 11.6 Å². The fraction of sp³-hybridized carbons (Fsp3) is 0.174. The summed E-state index contributed by atoms with van der Waals surface area (Å²) in [5.74, 6) is 0.704. The molecular formula is C23H22N4OS2. The van der Waals surface area contributed by atoms with Gasteiger partial charge in [-0.2, -0.15) is 0 Å². The van der Waals surface area contributed by atoms with Crippen LogP contribution in [0.1, 0.15) is 11.1 Å². The van der Waals surface area contributed by atoms with E-state index in [1.165, 1.54) is 11.1 Å². The molecule has 0 aliphatic rings. The molecule has 4 rings (SSSR count). The molecule has 0 radical (unpaired) electrons. The van der Waals surface area contributed by atoms with Crippen molar-refractivity contribution in [3.8, 4) is 0 Å². The summed E-state index contributed by atoms with van der Waals surface area (Å²) in [7, 11) is 0. The van der Waals surface area contributed by atoms with E-state index in [1.807, 2.05) is 53.3 Å². The number of nitrogens with one attached hydrogen (secondary N) is 1. The topological polar surface area (TPSA) is 59.8 Å². The SMILES string of the molecule is CSc1cccc(NC(=O)Cn2c(SCc3ccccc3C)nc3ccncc32)c1. The fourth-order valence-corrected chi connectivity index (χ4v) is 4.72. The standard InChI is InChI=1S/C23H22N4OS2/c1-16-6-3-4-7-17(16)15-30-23-26-20-10-11-24-13-21(20)27(23)14-22(28)25-18-8-5-9-19(12-18)29-2/h3-13H,14-15H2,1-2H3,(H,25,28). The van der Waals surface area contributed by atoms with Gasteiger partial charge in [0.1, 0.15) is 6.54 Å². The van der Waals surface area contributed by atoms with Crippen molar-refractivity contribution in [3.63, 3.8) is 0 Å². The lowest BCUT2D eigenvalue weighted by Gasteiger charge is -2.11. The summed E-state index contributed by atoms with van der Waals surface area (Å²) >= 11 is 3.28. The zero-order valence-corrected chi connectivity index (χ0v) is 18.5. The van der Waals surface area contributed by atoms with Crippen molar-refractivity contribution in [1.82, 2.24) is 14.5 Å². The van der Waals surface area contributed by atoms with Crippen LogP contribution >= 0.6 is 23.5 Å².